The molecule has 0 bridgehead atoms. The highest BCUT2D eigenvalue weighted by atomic mass is 32.1. The molecule has 0 saturated heterocycles. The van der Waals surface area contributed by atoms with E-state index < -0.39 is 0 Å². The summed E-state index contributed by atoms with van der Waals surface area (Å²) in [6.07, 6.45) is 1.92. The van der Waals surface area contributed by atoms with Crippen molar-refractivity contribution in [3.8, 4) is 0 Å². The number of hydrogen-bond donors (Lipinski definition) is 1. The number of ether oxygens (including phenoxy) is 1. The van der Waals surface area contributed by atoms with Gasteiger partial charge in [-0.05, 0) is 19.4 Å². The molecule has 0 atom stereocenters. The molecule has 2 rings (SSSR count). The number of nitrogens with one attached hydrogen (secondary N) is 1. The highest BCUT2D eigenvalue weighted by Gasteiger charge is 2.07. The van der Waals surface area contributed by atoms with E-state index in [1.807, 2.05) is 36.6 Å². The van der Waals surface area contributed by atoms with E-state index >= 15 is 0 Å². The Bertz CT molecular complexity index is 637. The van der Waals surface area contributed by atoms with Crippen molar-refractivity contribution in [3.05, 3.63) is 46.5 Å². The molecule has 0 unspecified atom stereocenters. The lowest BCUT2D eigenvalue weighted by Gasteiger charge is -1.98. The van der Waals surface area contributed by atoms with Gasteiger partial charge in [0, 0.05) is 5.38 Å². The summed E-state index contributed by atoms with van der Waals surface area (Å²) in [4.78, 5) is 15.6. The second-order valence-corrected chi connectivity index (χ2v) is 5.27. The molecule has 0 aliphatic carbocycles. The summed E-state index contributed by atoms with van der Waals surface area (Å²) >= 11 is 1.40. The first kappa shape index (κ1) is 15.2. The molecule has 0 aliphatic rings. The average Bonchev–Trinajstić information content (AvgIpc) is 2.86. The number of rotatable bonds is 6. The van der Waals surface area contributed by atoms with Crippen molar-refractivity contribution in [2.45, 2.75) is 20.3 Å². The number of carbonyl (C=O) groups is 1. The van der Waals surface area contributed by atoms with Crippen molar-refractivity contribution in [1.29, 1.82) is 0 Å². The maximum Gasteiger partial charge on any atom is 0.311 e. The first-order chi connectivity index (χ1) is 10.2. The number of hydrogen-bond acceptors (Lipinski definition) is 6. The minimum absolute atomic E-state index is 0.188. The van der Waals surface area contributed by atoms with Gasteiger partial charge in [-0.25, -0.2) is 4.98 Å². The molecule has 1 N–H and O–H groups in total. The molecule has 0 fully saturated rings. The molecule has 0 spiro atoms. The predicted octanol–water partition coefficient (Wildman–Crippen LogP) is 3.00. The van der Waals surface area contributed by atoms with E-state index in [9.17, 15) is 4.79 Å². The molecule has 0 saturated carbocycles. The summed E-state index contributed by atoms with van der Waals surface area (Å²) in [5.41, 5.74) is 5.75. The zero-order valence-corrected chi connectivity index (χ0v) is 12.8. The molecule has 110 valence electrons. The van der Waals surface area contributed by atoms with Crippen LogP contribution in [0.5, 0.6) is 0 Å². The zero-order chi connectivity index (χ0) is 15.1. The lowest BCUT2D eigenvalue weighted by atomic mass is 10.2. The lowest BCUT2D eigenvalue weighted by Crippen LogP contribution is -2.07. The molecule has 6 heteroatoms. The number of aromatic nitrogens is 1. The quantitative estimate of drug-likeness (QED) is 0.506. The fourth-order valence-corrected chi connectivity index (χ4v) is 2.37. The maximum atomic E-state index is 11.3. The first-order valence-electron chi connectivity index (χ1n) is 6.63. The molecular weight excluding hydrogens is 286 g/mol. The van der Waals surface area contributed by atoms with E-state index in [-0.39, 0.29) is 12.4 Å². The summed E-state index contributed by atoms with van der Waals surface area (Å²) in [6.45, 7) is 4.20. The minimum atomic E-state index is -0.266. The van der Waals surface area contributed by atoms with Crippen LogP contribution in [0, 0.1) is 6.92 Å². The Labute approximate surface area is 127 Å². The highest BCUT2D eigenvalue weighted by molar-refractivity contribution is 7.13. The summed E-state index contributed by atoms with van der Waals surface area (Å²) in [5, 5.41) is 6.61. The molecule has 1 heterocycles. The topological polar surface area (TPSA) is 63.6 Å². The summed E-state index contributed by atoms with van der Waals surface area (Å²) in [5.74, 6) is -0.266. The van der Waals surface area contributed by atoms with Crippen molar-refractivity contribution in [2.24, 2.45) is 5.10 Å². The van der Waals surface area contributed by atoms with Gasteiger partial charge in [-0.15, -0.1) is 11.3 Å². The first-order valence-corrected chi connectivity index (χ1v) is 7.51. The van der Waals surface area contributed by atoms with Crippen LogP contribution in [-0.4, -0.2) is 23.8 Å². The Morgan fingerprint density at radius 2 is 2.38 bits per heavy atom. The summed E-state index contributed by atoms with van der Waals surface area (Å²) in [6, 6.07) is 8.04. The number of nitrogens with zero attached hydrogens (tertiary/aromatic N) is 2. The van der Waals surface area contributed by atoms with Crippen molar-refractivity contribution in [3.63, 3.8) is 0 Å². The van der Waals surface area contributed by atoms with Gasteiger partial charge < -0.3 is 4.74 Å². The summed E-state index contributed by atoms with van der Waals surface area (Å²) in [7, 11) is 0. The third kappa shape index (κ3) is 5.00. The van der Waals surface area contributed by atoms with Crippen LogP contribution in [0.15, 0.2) is 34.7 Å². The number of benzene rings is 1. The Balaban J connectivity index is 1.89. The highest BCUT2D eigenvalue weighted by Crippen LogP contribution is 2.16. The smallest absolute Gasteiger partial charge is 0.311 e. The SMILES string of the molecule is CCOC(=O)Cc1csc(NN=Cc2cccc(C)c2)n1. The van der Waals surface area contributed by atoms with Gasteiger partial charge in [-0.3, -0.25) is 10.2 Å². The molecular formula is C15H17N3O2S. The van der Waals surface area contributed by atoms with E-state index in [0.29, 0.717) is 17.4 Å². The number of anilines is 1. The van der Waals surface area contributed by atoms with Gasteiger partial charge in [0.05, 0.1) is 24.9 Å². The van der Waals surface area contributed by atoms with Crippen molar-refractivity contribution >= 4 is 28.7 Å². The molecule has 0 radical (unpaired) electrons. The van der Waals surface area contributed by atoms with Gasteiger partial charge in [0.1, 0.15) is 0 Å². The molecule has 0 aliphatic heterocycles. The monoisotopic (exact) mass is 303 g/mol. The fraction of sp³-hybridized carbons (Fsp3) is 0.267. The minimum Gasteiger partial charge on any atom is -0.466 e. The van der Waals surface area contributed by atoms with Crippen LogP contribution < -0.4 is 5.43 Å². The van der Waals surface area contributed by atoms with Crippen LogP contribution in [0.1, 0.15) is 23.7 Å². The second-order valence-electron chi connectivity index (χ2n) is 4.41. The van der Waals surface area contributed by atoms with Gasteiger partial charge >= 0.3 is 5.97 Å². The van der Waals surface area contributed by atoms with E-state index in [2.05, 4.69) is 15.5 Å². The van der Waals surface area contributed by atoms with Gasteiger partial charge in [-0.1, -0.05) is 29.8 Å². The van der Waals surface area contributed by atoms with E-state index in [1.54, 1.807) is 13.1 Å². The van der Waals surface area contributed by atoms with Crippen LogP contribution in [0.4, 0.5) is 5.13 Å². The van der Waals surface area contributed by atoms with Gasteiger partial charge in [0.25, 0.3) is 0 Å². The Morgan fingerprint density at radius 1 is 1.52 bits per heavy atom. The number of esters is 1. The molecule has 5 nitrogen and oxygen atoms in total. The van der Waals surface area contributed by atoms with E-state index in [0.717, 1.165) is 5.56 Å². The Kier molecular flexibility index (Phi) is 5.45. The van der Waals surface area contributed by atoms with Crippen LogP contribution in [0.25, 0.3) is 0 Å². The van der Waals surface area contributed by atoms with Gasteiger partial charge in [-0.2, -0.15) is 5.10 Å². The molecule has 2 aromatic rings. The summed E-state index contributed by atoms with van der Waals surface area (Å²) < 4.78 is 4.88. The average molecular weight is 303 g/mol. The lowest BCUT2D eigenvalue weighted by molar-refractivity contribution is -0.142. The largest absolute Gasteiger partial charge is 0.466 e. The van der Waals surface area contributed by atoms with Crippen molar-refractivity contribution < 1.29 is 9.53 Å². The van der Waals surface area contributed by atoms with Crippen LogP contribution >= 0.6 is 11.3 Å². The van der Waals surface area contributed by atoms with Crippen molar-refractivity contribution in [2.75, 3.05) is 12.0 Å². The third-order valence-corrected chi connectivity index (χ3v) is 3.39. The van der Waals surface area contributed by atoms with E-state index in [4.69, 9.17) is 4.74 Å². The van der Waals surface area contributed by atoms with Crippen LogP contribution in [0.2, 0.25) is 0 Å². The molecule has 0 amide bonds. The predicted molar refractivity (Wildman–Crippen MR) is 84.8 cm³/mol. The normalized spacial score (nSPS) is 10.8. The Morgan fingerprint density at radius 3 is 3.14 bits per heavy atom. The van der Waals surface area contributed by atoms with E-state index in [1.165, 1.54) is 16.9 Å². The second kappa shape index (κ2) is 7.54. The van der Waals surface area contributed by atoms with Gasteiger partial charge in [0.2, 0.25) is 5.13 Å². The van der Waals surface area contributed by atoms with Crippen LogP contribution in [-0.2, 0) is 16.0 Å². The standard InChI is InChI=1S/C15H17N3O2S/c1-3-20-14(19)8-13-10-21-15(17-13)18-16-9-12-6-4-5-11(2)7-12/h4-7,9-10H,3,8H2,1-2H3,(H,17,18). The number of aryl methyl sites for hydroxylation is 1. The maximum absolute atomic E-state index is 11.3. The third-order valence-electron chi connectivity index (χ3n) is 2.60. The number of thiazole rings is 1. The number of hydrazone groups is 1. The zero-order valence-electron chi connectivity index (χ0n) is 12.0. The molecule has 1 aromatic carbocycles. The van der Waals surface area contributed by atoms with Crippen LogP contribution in [0.3, 0.4) is 0 Å². The Hall–Kier alpha value is -2.21. The van der Waals surface area contributed by atoms with Crippen molar-refractivity contribution in [1.82, 2.24) is 4.98 Å². The fourth-order valence-electron chi connectivity index (χ4n) is 1.71. The molecule has 1 aromatic heterocycles. The van der Waals surface area contributed by atoms with Gasteiger partial charge in [0.15, 0.2) is 0 Å². The molecule has 21 heavy (non-hydrogen) atoms. The number of carbonyl (C=O) groups excluding carboxylic acids is 1.